The number of pyridine rings is 2. The number of hydrogen-bond donors (Lipinski definition) is 2. The van der Waals surface area contributed by atoms with E-state index in [-0.39, 0.29) is 5.41 Å². The van der Waals surface area contributed by atoms with Gasteiger partial charge in [-0.25, -0.2) is 9.67 Å². The molecule has 2 saturated carbocycles. The monoisotopic (exact) mass is 558 g/mol. The van der Waals surface area contributed by atoms with Gasteiger partial charge in [0.05, 0.1) is 39.6 Å². The molecule has 2 aliphatic carbocycles. The third-order valence-corrected chi connectivity index (χ3v) is 7.73. The molecule has 0 aliphatic heterocycles. The summed E-state index contributed by atoms with van der Waals surface area (Å²) in [5, 5.41) is 27.4. The Kier molecular flexibility index (Phi) is 6.62. The van der Waals surface area contributed by atoms with E-state index < -0.39 is 12.0 Å². The zero-order valence-corrected chi connectivity index (χ0v) is 23.8. The van der Waals surface area contributed by atoms with E-state index >= 15 is 0 Å². The first-order valence-electron chi connectivity index (χ1n) is 13.7. The first-order valence-corrected chi connectivity index (χ1v) is 14.1. The second-order valence-corrected chi connectivity index (χ2v) is 12.5. The lowest BCUT2D eigenvalue weighted by Crippen LogP contribution is -2.20. The molecule has 0 unspecified atom stereocenters. The van der Waals surface area contributed by atoms with Crippen LogP contribution in [0.4, 0.5) is 15.8 Å². The lowest BCUT2D eigenvalue weighted by Gasteiger charge is -2.23. The lowest BCUT2D eigenvalue weighted by molar-refractivity contribution is 0.443. The molecule has 40 heavy (non-hydrogen) atoms. The Morgan fingerprint density at radius 3 is 2.62 bits per heavy atom. The summed E-state index contributed by atoms with van der Waals surface area (Å²) in [5.41, 5.74) is 5.85. The Morgan fingerprint density at radius 1 is 1.20 bits per heavy atom. The molecule has 1 aromatic carbocycles. The van der Waals surface area contributed by atoms with E-state index in [0.717, 1.165) is 53.7 Å². The molecule has 0 saturated heterocycles. The number of benzene rings is 1. The van der Waals surface area contributed by atoms with Gasteiger partial charge in [-0.05, 0) is 56.2 Å². The zero-order valence-electron chi connectivity index (χ0n) is 23.1. The molecule has 3 heterocycles. The molecule has 3 aromatic heterocycles. The minimum absolute atomic E-state index is 0.00717. The van der Waals surface area contributed by atoms with Crippen LogP contribution in [0, 0.1) is 29.6 Å². The van der Waals surface area contributed by atoms with Crippen LogP contribution in [0.5, 0.6) is 0 Å². The van der Waals surface area contributed by atoms with Gasteiger partial charge in [-0.15, -0.1) is 5.10 Å². The van der Waals surface area contributed by atoms with Crippen LogP contribution in [0.1, 0.15) is 92.7 Å². The van der Waals surface area contributed by atoms with E-state index in [2.05, 4.69) is 62.4 Å². The fourth-order valence-corrected chi connectivity index (χ4v) is 5.41. The van der Waals surface area contributed by atoms with Crippen LogP contribution in [-0.4, -0.2) is 31.5 Å². The Labute approximate surface area is 238 Å². The molecule has 0 amide bonds. The highest BCUT2D eigenvalue weighted by molar-refractivity contribution is 6.35. The number of nitrogens with zero attached hydrogens (tertiary/aromatic N) is 6. The average molecular weight is 559 g/mol. The first kappa shape index (κ1) is 26.5. The largest absolute Gasteiger partial charge is 0.383 e. The number of aryl methyl sites for hydroxylation is 1. The summed E-state index contributed by atoms with van der Waals surface area (Å²) in [6.45, 7) is 8.86. The highest BCUT2D eigenvalue weighted by Gasteiger charge is 2.39. The average Bonchev–Trinajstić information content (AvgIpc) is 3.84. The predicted molar refractivity (Wildman–Crippen MR) is 154 cm³/mol. The molecule has 4 aromatic rings. The molecular formula is C30H32ClFN8. The highest BCUT2D eigenvalue weighted by atomic mass is 35.5. The Balaban J connectivity index is 1.48. The normalized spacial score (nSPS) is 16.1. The second-order valence-electron chi connectivity index (χ2n) is 12.1. The molecule has 0 radical (unpaired) electrons. The van der Waals surface area contributed by atoms with E-state index in [4.69, 9.17) is 11.6 Å². The lowest BCUT2D eigenvalue weighted by atomic mass is 9.96. The number of fused-ring (bicyclic) bond motifs is 1. The molecule has 1 atom stereocenters. The number of aromatic nitrogens is 5. The third-order valence-electron chi connectivity index (χ3n) is 7.44. The number of anilines is 2. The SMILES string of the molecule is Cc1nc(F)ccc1[C@H](Nc1cc(Cl)c2ncc(C#N)c(NCC(C)(C)C)c2c1)c1nnn(C2CC2)c1C1CC1. The van der Waals surface area contributed by atoms with Crippen molar-refractivity contribution in [1.29, 1.82) is 5.26 Å². The van der Waals surface area contributed by atoms with Crippen molar-refractivity contribution in [2.24, 2.45) is 5.41 Å². The van der Waals surface area contributed by atoms with Crippen LogP contribution in [0.15, 0.2) is 30.5 Å². The number of hydrogen-bond acceptors (Lipinski definition) is 7. The topological polar surface area (TPSA) is 104 Å². The van der Waals surface area contributed by atoms with Gasteiger partial charge in [0.25, 0.3) is 0 Å². The van der Waals surface area contributed by atoms with Gasteiger partial charge in [-0.3, -0.25) is 4.98 Å². The van der Waals surface area contributed by atoms with Gasteiger partial charge in [0.15, 0.2) is 0 Å². The summed E-state index contributed by atoms with van der Waals surface area (Å²) in [5.74, 6) is -0.109. The van der Waals surface area contributed by atoms with Crippen molar-refractivity contribution in [3.63, 3.8) is 0 Å². The van der Waals surface area contributed by atoms with Gasteiger partial charge in [-0.2, -0.15) is 9.65 Å². The highest BCUT2D eigenvalue weighted by Crippen LogP contribution is 2.48. The maximum atomic E-state index is 14.1. The number of rotatable bonds is 8. The van der Waals surface area contributed by atoms with E-state index in [1.165, 1.54) is 6.07 Å². The van der Waals surface area contributed by atoms with E-state index in [9.17, 15) is 9.65 Å². The number of nitrogens with one attached hydrogen (secondary N) is 2. The van der Waals surface area contributed by atoms with Crippen molar-refractivity contribution in [3.05, 3.63) is 69.6 Å². The first-order chi connectivity index (χ1) is 19.1. The van der Waals surface area contributed by atoms with Crippen LogP contribution in [0.25, 0.3) is 10.9 Å². The van der Waals surface area contributed by atoms with Crippen LogP contribution in [0.3, 0.4) is 0 Å². The Hall–Kier alpha value is -3.77. The van der Waals surface area contributed by atoms with Gasteiger partial charge in [0.2, 0.25) is 5.95 Å². The second kappa shape index (κ2) is 10.0. The molecular weight excluding hydrogens is 527 g/mol. The Morgan fingerprint density at radius 2 is 1.98 bits per heavy atom. The van der Waals surface area contributed by atoms with Crippen LogP contribution in [0.2, 0.25) is 5.02 Å². The molecule has 6 rings (SSSR count). The summed E-state index contributed by atoms with van der Waals surface area (Å²) in [4.78, 5) is 8.61. The van der Waals surface area contributed by atoms with E-state index in [1.807, 2.05) is 12.1 Å². The molecule has 2 fully saturated rings. The maximum Gasteiger partial charge on any atom is 0.213 e. The van der Waals surface area contributed by atoms with Gasteiger partial charge in [-0.1, -0.05) is 43.7 Å². The third kappa shape index (κ3) is 5.20. The minimum atomic E-state index is -0.525. The van der Waals surface area contributed by atoms with Gasteiger partial charge >= 0.3 is 0 Å². The van der Waals surface area contributed by atoms with Crippen molar-refractivity contribution >= 4 is 33.9 Å². The standard InChI is InChI=1S/C30H32ClFN8/c1-16-21(9-10-24(32)36-16)27(28-29(17-5-6-17)40(39-38-28)20-7-8-20)37-19-11-22-25(35-15-30(2,3)4)18(13-33)14-34-26(22)23(31)12-19/h9-12,14,17,20,27,37H,5-8,15H2,1-4H3,(H,34,35)/t27-/m0/s1. The quantitative estimate of drug-likeness (QED) is 0.223. The summed E-state index contributed by atoms with van der Waals surface area (Å²) in [7, 11) is 0. The minimum Gasteiger partial charge on any atom is -0.383 e. The molecule has 0 spiro atoms. The summed E-state index contributed by atoms with van der Waals surface area (Å²) < 4.78 is 16.2. The van der Waals surface area contributed by atoms with Crippen molar-refractivity contribution in [2.75, 3.05) is 17.2 Å². The maximum absolute atomic E-state index is 14.1. The number of halogens is 2. The van der Waals surface area contributed by atoms with Crippen molar-refractivity contribution < 1.29 is 4.39 Å². The van der Waals surface area contributed by atoms with Gasteiger partial charge in [0, 0.05) is 41.0 Å². The van der Waals surface area contributed by atoms with Gasteiger partial charge in [0.1, 0.15) is 11.8 Å². The molecule has 206 valence electrons. The Bertz CT molecular complexity index is 1640. The summed E-state index contributed by atoms with van der Waals surface area (Å²) in [6, 6.07) is 9.16. The predicted octanol–water partition coefficient (Wildman–Crippen LogP) is 7.07. The zero-order chi connectivity index (χ0) is 28.2. The van der Waals surface area contributed by atoms with Crippen LogP contribution >= 0.6 is 11.6 Å². The van der Waals surface area contributed by atoms with E-state index in [0.29, 0.717) is 46.0 Å². The summed E-state index contributed by atoms with van der Waals surface area (Å²) >= 11 is 6.79. The molecule has 10 heteroatoms. The molecule has 0 bridgehead atoms. The molecule has 8 nitrogen and oxygen atoms in total. The van der Waals surface area contributed by atoms with Gasteiger partial charge < -0.3 is 10.6 Å². The van der Waals surface area contributed by atoms with Crippen molar-refractivity contribution in [3.8, 4) is 6.07 Å². The smallest absolute Gasteiger partial charge is 0.213 e. The molecule has 2 aliphatic rings. The van der Waals surface area contributed by atoms with Crippen molar-refractivity contribution in [1.82, 2.24) is 25.0 Å². The fourth-order valence-electron chi connectivity index (χ4n) is 5.14. The van der Waals surface area contributed by atoms with Crippen LogP contribution in [-0.2, 0) is 0 Å². The summed E-state index contributed by atoms with van der Waals surface area (Å²) in [6.07, 6.45) is 5.98. The fraction of sp³-hybridized carbons (Fsp3) is 0.433. The molecule has 2 N–H and O–H groups in total. The number of nitriles is 1. The van der Waals surface area contributed by atoms with Crippen molar-refractivity contribution in [2.45, 2.75) is 71.4 Å². The van der Waals surface area contributed by atoms with E-state index in [1.54, 1.807) is 19.2 Å². The van der Waals surface area contributed by atoms with Crippen LogP contribution < -0.4 is 10.6 Å².